The standard InChI is InChI=1S/C24H16ClF4N3O7.C23H16ClF4N3O7.C20H14ClF4N3O7S/c1-12-6-13(26)2-3-18(12)39-19-9-16(24(27,28)29)17(25)8-15(19)23(37)31-14-7-20(33)32(30-10-14)11-38-22(36)5-4-21(34)35;1-11-4-12(25)2-3-17(11)38-18-7-15(23(26,27)28)16(24)6-14(18)22(36)30-13-5-19(32)31(29-9-13)10-37-21(35)8-20(33)34;1-10-4-11(22)2-3-16(10)35-17-7-14(20(23,24)25)15(21)6-13(17)19(30)27-12-5-18(29)28(26-8-12)9-34-36(31,32)33/h2-10H,11H2,1H3,(H,31,37)(H,34,35);2-7,9H,8,10H2,1H3,(H,30,36)(H,33,34);2-8H,9H2,1H3,(H,27,30)(H,31,32,33)/b5-4+;;. The number of carbonyl (C=O) groups is 7. The molecule has 0 atom stereocenters. The van der Waals surface area contributed by atoms with E-state index in [0.717, 1.165) is 91.4 Å². The Labute approximate surface area is 637 Å². The maximum Gasteiger partial charge on any atom is 0.417 e. The number of ether oxygens (including phenoxy) is 5. The van der Waals surface area contributed by atoms with E-state index in [1.54, 1.807) is 0 Å². The second-order valence-electron chi connectivity index (χ2n) is 22.3. The lowest BCUT2D eigenvalue weighted by Gasteiger charge is -2.17. The fraction of sp³-hybridized carbons (Fsp3) is 0.149. The number of hydrogen-bond acceptors (Lipinski definition) is 21. The van der Waals surface area contributed by atoms with Crippen LogP contribution in [0.15, 0.2) is 154 Å². The number of aryl methyl sites for hydroxylation is 3. The van der Waals surface area contributed by atoms with Crippen LogP contribution in [0.1, 0.15) is 70.9 Å². The zero-order valence-electron chi connectivity index (χ0n) is 56.6. The van der Waals surface area contributed by atoms with E-state index in [0.29, 0.717) is 50.5 Å². The Hall–Kier alpha value is -12.7. The van der Waals surface area contributed by atoms with Crippen molar-refractivity contribution in [2.24, 2.45) is 0 Å². The van der Waals surface area contributed by atoms with Gasteiger partial charge in [0, 0.05) is 30.4 Å². The molecule has 30 nitrogen and oxygen atoms in total. The molecule has 3 amide bonds. The van der Waals surface area contributed by atoms with Gasteiger partial charge in [0.25, 0.3) is 34.4 Å². The first-order chi connectivity index (χ1) is 52.6. The second-order valence-corrected chi connectivity index (χ2v) is 24.6. The van der Waals surface area contributed by atoms with Crippen molar-refractivity contribution in [3.05, 3.63) is 254 Å². The average molecular weight is 1680 g/mol. The summed E-state index contributed by atoms with van der Waals surface area (Å²) >= 11 is 17.3. The van der Waals surface area contributed by atoms with Crippen LogP contribution in [0.3, 0.4) is 0 Å². The van der Waals surface area contributed by atoms with Crippen LogP contribution in [0.2, 0.25) is 15.1 Å². The molecule has 3 heterocycles. The Morgan fingerprint density at radius 1 is 0.460 bits per heavy atom. The van der Waals surface area contributed by atoms with Gasteiger partial charge in [-0.1, -0.05) is 34.8 Å². The number of hydrogen-bond donors (Lipinski definition) is 6. The highest BCUT2D eigenvalue weighted by Gasteiger charge is 2.38. The third kappa shape index (κ3) is 25.4. The number of esters is 2. The highest BCUT2D eigenvalue weighted by Crippen LogP contribution is 2.44. The molecule has 3 aromatic heterocycles. The zero-order valence-corrected chi connectivity index (χ0v) is 59.6. The summed E-state index contributed by atoms with van der Waals surface area (Å²) in [5.74, 6) is -11.7. The molecule has 0 fully saturated rings. The molecule has 0 aliphatic heterocycles. The second kappa shape index (κ2) is 36.9. The summed E-state index contributed by atoms with van der Waals surface area (Å²) in [4.78, 5) is 119. The molecule has 6 N–H and O–H groups in total. The minimum absolute atomic E-state index is 0.0297. The van der Waals surface area contributed by atoms with Gasteiger partial charge in [0.15, 0.2) is 20.2 Å². The van der Waals surface area contributed by atoms with Gasteiger partial charge in [-0.15, -0.1) is 0 Å². The lowest BCUT2D eigenvalue weighted by Crippen LogP contribution is -2.26. The van der Waals surface area contributed by atoms with E-state index < -0.39 is 197 Å². The van der Waals surface area contributed by atoms with Gasteiger partial charge in [0.05, 0.1) is 84.1 Å². The molecule has 0 radical (unpaired) electrons. The molecular weight excluding hydrogens is 1630 g/mol. The van der Waals surface area contributed by atoms with Crippen molar-refractivity contribution in [1.29, 1.82) is 0 Å². The minimum Gasteiger partial charge on any atom is -0.481 e. The number of nitrogens with zero attached hydrogens (tertiary/aromatic N) is 6. The smallest absolute Gasteiger partial charge is 0.417 e. The number of carboxylic acids is 2. The number of rotatable bonds is 23. The predicted molar refractivity (Wildman–Crippen MR) is 366 cm³/mol. The summed E-state index contributed by atoms with van der Waals surface area (Å²) in [5, 5.41) is 32.3. The molecule has 113 heavy (non-hydrogen) atoms. The summed E-state index contributed by atoms with van der Waals surface area (Å²) in [6.45, 7) is 1.97. The third-order valence-electron chi connectivity index (χ3n) is 14.0. The van der Waals surface area contributed by atoms with Gasteiger partial charge in [-0.25, -0.2) is 31.6 Å². The molecule has 0 saturated heterocycles. The van der Waals surface area contributed by atoms with Crippen LogP contribution in [-0.2, 0) is 82.0 Å². The van der Waals surface area contributed by atoms with Gasteiger partial charge in [-0.2, -0.15) is 72.6 Å². The first kappa shape index (κ1) is 87.5. The molecular formula is C67H46Cl3F12N9O21S. The molecule has 6 aromatic carbocycles. The van der Waals surface area contributed by atoms with Crippen molar-refractivity contribution in [3.63, 3.8) is 0 Å². The lowest BCUT2D eigenvalue weighted by molar-refractivity contribution is -0.154. The van der Waals surface area contributed by atoms with Crippen LogP contribution < -0.4 is 46.8 Å². The number of benzene rings is 6. The molecule has 0 spiro atoms. The number of anilines is 3. The van der Waals surface area contributed by atoms with Crippen LogP contribution in [-0.4, -0.2) is 94.1 Å². The van der Waals surface area contributed by atoms with E-state index in [9.17, 15) is 109 Å². The molecule has 0 aliphatic rings. The maximum atomic E-state index is 13.5. The Kier molecular flexibility index (Phi) is 28.6. The van der Waals surface area contributed by atoms with Crippen LogP contribution in [0.5, 0.6) is 34.5 Å². The minimum atomic E-state index is -4.89. The molecule has 9 aromatic rings. The quantitative estimate of drug-likeness (QED) is 0.0114. The van der Waals surface area contributed by atoms with Gasteiger partial charge in [0.1, 0.15) is 58.4 Å². The molecule has 0 saturated carbocycles. The number of aromatic nitrogens is 6. The van der Waals surface area contributed by atoms with E-state index in [-0.39, 0.29) is 51.0 Å². The van der Waals surface area contributed by atoms with E-state index in [2.05, 4.69) is 44.9 Å². The number of amides is 3. The van der Waals surface area contributed by atoms with Crippen molar-refractivity contribution >= 4 is 104 Å². The molecule has 596 valence electrons. The van der Waals surface area contributed by atoms with Crippen LogP contribution >= 0.6 is 34.8 Å². The Morgan fingerprint density at radius 2 is 0.770 bits per heavy atom. The third-order valence-corrected chi connectivity index (χ3v) is 15.3. The van der Waals surface area contributed by atoms with Crippen molar-refractivity contribution in [3.8, 4) is 34.5 Å². The number of aliphatic carboxylic acids is 2. The number of alkyl halides is 9. The van der Waals surface area contributed by atoms with Crippen molar-refractivity contribution < 1.29 is 137 Å². The van der Waals surface area contributed by atoms with Gasteiger partial charge >= 0.3 is 52.8 Å². The van der Waals surface area contributed by atoms with Gasteiger partial charge < -0.3 is 49.8 Å². The van der Waals surface area contributed by atoms with Crippen LogP contribution in [0, 0.1) is 38.2 Å². The summed E-state index contributed by atoms with van der Waals surface area (Å²) < 4.78 is 223. The van der Waals surface area contributed by atoms with Gasteiger partial charge in [-0.05, 0) is 128 Å². The van der Waals surface area contributed by atoms with E-state index in [1.807, 2.05) is 0 Å². The summed E-state index contributed by atoms with van der Waals surface area (Å²) in [5.41, 5.74) is -7.80. The molecule has 9 rings (SSSR count). The molecule has 0 bridgehead atoms. The van der Waals surface area contributed by atoms with E-state index >= 15 is 0 Å². The molecule has 46 heteroatoms. The Balaban J connectivity index is 0.000000235. The van der Waals surface area contributed by atoms with Crippen molar-refractivity contribution in [1.82, 2.24) is 29.3 Å². The van der Waals surface area contributed by atoms with Crippen molar-refractivity contribution in [2.75, 3.05) is 16.0 Å². The predicted octanol–water partition coefficient (Wildman–Crippen LogP) is 13.1. The Morgan fingerprint density at radius 3 is 1.04 bits per heavy atom. The van der Waals surface area contributed by atoms with Crippen LogP contribution in [0.25, 0.3) is 0 Å². The van der Waals surface area contributed by atoms with Gasteiger partial charge in [0.2, 0.25) is 0 Å². The highest BCUT2D eigenvalue weighted by molar-refractivity contribution is 7.80. The lowest BCUT2D eigenvalue weighted by atomic mass is 10.1. The SMILES string of the molecule is Cc1cc(F)ccc1Oc1cc(C(F)(F)F)c(Cl)cc1C(=O)Nc1cnn(COC(=O)/C=C/C(=O)O)c(=O)c1.Cc1cc(F)ccc1Oc1cc(C(F)(F)F)c(Cl)cc1C(=O)Nc1cnn(COC(=O)CC(=O)O)c(=O)c1.Cc1cc(F)ccc1Oc1cc(C(F)(F)F)c(Cl)cc1C(=O)Nc1cnn(COS(=O)(=O)O)c(=O)c1. The Bertz CT molecular complexity index is 5570. The monoisotopic (exact) mass is 1680 g/mol. The van der Waals surface area contributed by atoms with E-state index in [1.165, 1.54) is 32.9 Å². The zero-order chi connectivity index (χ0) is 83.9. The normalized spacial score (nSPS) is 11.4. The number of carboxylic acid groups (broad SMARTS) is 2. The summed E-state index contributed by atoms with van der Waals surface area (Å²) in [6, 6.07) is 16.0. The molecule has 0 aliphatic carbocycles. The molecule has 0 unspecified atom stereocenters. The number of nitrogens with one attached hydrogen (secondary N) is 3. The summed E-state index contributed by atoms with van der Waals surface area (Å²) in [7, 11) is -4.86. The maximum absolute atomic E-state index is 13.5. The van der Waals surface area contributed by atoms with Crippen molar-refractivity contribution in [2.45, 2.75) is 65.9 Å². The van der Waals surface area contributed by atoms with E-state index in [4.69, 9.17) is 63.8 Å². The summed E-state index contributed by atoms with van der Waals surface area (Å²) in [6.07, 6.45) is -11.6. The number of halogens is 15. The fourth-order valence-corrected chi connectivity index (χ4v) is 9.81. The fourth-order valence-electron chi connectivity index (χ4n) is 8.76. The number of carbonyl (C=O) groups excluding carboxylic acids is 5. The largest absolute Gasteiger partial charge is 0.481 e. The highest BCUT2D eigenvalue weighted by atomic mass is 35.5. The first-order valence-electron chi connectivity index (χ1n) is 30.4. The van der Waals surface area contributed by atoms with Gasteiger partial charge in [-0.3, -0.25) is 42.9 Å². The first-order valence-corrected chi connectivity index (χ1v) is 32.9. The topological polar surface area (TPSA) is 410 Å². The van der Waals surface area contributed by atoms with Crippen LogP contribution in [0.4, 0.5) is 69.7 Å². The average Bonchev–Trinajstić information content (AvgIpc) is 0.796.